The summed E-state index contributed by atoms with van der Waals surface area (Å²) in [7, 11) is 1.45. The summed E-state index contributed by atoms with van der Waals surface area (Å²) in [4.78, 5) is 10.4. The van der Waals surface area contributed by atoms with E-state index in [1.165, 1.54) is 23.5 Å². The van der Waals surface area contributed by atoms with Crippen LogP contribution in [-0.4, -0.2) is 21.8 Å². The van der Waals surface area contributed by atoms with Crippen LogP contribution in [0.2, 0.25) is 0 Å². The van der Waals surface area contributed by atoms with Gasteiger partial charge in [-0.25, -0.2) is 0 Å². The minimum Gasteiger partial charge on any atom is -0.303 e. The van der Waals surface area contributed by atoms with Gasteiger partial charge in [-0.1, -0.05) is 6.92 Å². The summed E-state index contributed by atoms with van der Waals surface area (Å²) in [5.74, 6) is 0.628. The molecule has 1 rings (SSSR count). The van der Waals surface area contributed by atoms with Crippen molar-refractivity contribution in [2.45, 2.75) is 24.5 Å². The fourth-order valence-electron chi connectivity index (χ4n) is 1.36. The van der Waals surface area contributed by atoms with E-state index < -0.39 is 11.9 Å². The average molecular weight is 252 g/mol. The highest BCUT2D eigenvalue weighted by atomic mass is 32.2. The normalized spacial score (nSPS) is 11.8. The van der Waals surface area contributed by atoms with Crippen molar-refractivity contribution in [1.82, 2.24) is 9.78 Å². The molecule has 1 aromatic rings. The van der Waals surface area contributed by atoms with Gasteiger partial charge in [0.15, 0.2) is 5.69 Å². The van der Waals surface area contributed by atoms with Crippen LogP contribution in [0.15, 0.2) is 5.03 Å². The summed E-state index contributed by atoms with van der Waals surface area (Å²) in [5, 5.41) is 3.84. The van der Waals surface area contributed by atoms with Gasteiger partial charge in [-0.2, -0.15) is 18.3 Å². The maximum atomic E-state index is 12.6. The number of carbonyl (C=O) groups excluding carboxylic acids is 1. The highest BCUT2D eigenvalue weighted by Gasteiger charge is 2.38. The molecule has 0 atom stereocenters. The fraction of sp³-hybridized carbons (Fsp3) is 0.556. The van der Waals surface area contributed by atoms with E-state index in [0.717, 1.165) is 0 Å². The Morgan fingerprint density at radius 3 is 2.56 bits per heavy atom. The van der Waals surface area contributed by atoms with Gasteiger partial charge in [0.05, 0.1) is 5.03 Å². The lowest BCUT2D eigenvalue weighted by molar-refractivity contribution is -0.142. The molecular formula is C9H11F3N2OS. The van der Waals surface area contributed by atoms with E-state index in [4.69, 9.17) is 0 Å². The van der Waals surface area contributed by atoms with Crippen LogP contribution in [0.25, 0.3) is 0 Å². The molecule has 1 heterocycles. The molecule has 16 heavy (non-hydrogen) atoms. The largest absolute Gasteiger partial charge is 0.435 e. The number of hydrogen-bond acceptors (Lipinski definition) is 3. The molecule has 0 aliphatic carbocycles. The summed E-state index contributed by atoms with van der Waals surface area (Å²) >= 11 is 1.25. The molecular weight excluding hydrogens is 241 g/mol. The quantitative estimate of drug-likeness (QED) is 0.609. The van der Waals surface area contributed by atoms with Crippen molar-refractivity contribution in [2.75, 3.05) is 5.75 Å². The van der Waals surface area contributed by atoms with Gasteiger partial charge in [-0.15, -0.1) is 11.8 Å². The van der Waals surface area contributed by atoms with Crippen LogP contribution in [0.3, 0.4) is 0 Å². The predicted octanol–water partition coefficient (Wildman–Crippen LogP) is 2.29. The Balaban J connectivity index is 3.28. The van der Waals surface area contributed by atoms with Gasteiger partial charge in [-0.05, 0) is 5.75 Å². The Morgan fingerprint density at radius 2 is 2.12 bits per heavy atom. The van der Waals surface area contributed by atoms with E-state index in [2.05, 4.69) is 5.10 Å². The fourth-order valence-corrected chi connectivity index (χ4v) is 2.22. The zero-order valence-electron chi connectivity index (χ0n) is 8.84. The standard InChI is InChI=1S/C9H11F3N2OS/c1-3-16-8-6(4-5-15)7(9(10,11)12)13-14(8)2/h5H,3-4H2,1-2H3. The van der Waals surface area contributed by atoms with E-state index in [1.807, 2.05) is 6.92 Å². The molecule has 0 aliphatic rings. The van der Waals surface area contributed by atoms with Crippen molar-refractivity contribution in [1.29, 1.82) is 0 Å². The number of thioether (sulfide) groups is 1. The smallest absolute Gasteiger partial charge is 0.303 e. The Kier molecular flexibility index (Phi) is 4.01. The second-order valence-electron chi connectivity index (χ2n) is 3.06. The summed E-state index contributed by atoms with van der Waals surface area (Å²) in [6.07, 6.45) is -4.31. The van der Waals surface area contributed by atoms with Crippen molar-refractivity contribution < 1.29 is 18.0 Å². The lowest BCUT2D eigenvalue weighted by Crippen LogP contribution is -2.09. The molecule has 0 N–H and O–H groups in total. The van der Waals surface area contributed by atoms with Gasteiger partial charge < -0.3 is 4.79 Å². The van der Waals surface area contributed by atoms with Gasteiger partial charge in [0, 0.05) is 19.0 Å². The van der Waals surface area contributed by atoms with Crippen LogP contribution in [0.1, 0.15) is 18.2 Å². The van der Waals surface area contributed by atoms with Crippen LogP contribution < -0.4 is 0 Å². The van der Waals surface area contributed by atoms with Gasteiger partial charge in [0.1, 0.15) is 6.29 Å². The highest BCUT2D eigenvalue weighted by Crippen LogP contribution is 2.35. The topological polar surface area (TPSA) is 34.9 Å². The molecule has 7 heteroatoms. The molecule has 0 unspecified atom stereocenters. The van der Waals surface area contributed by atoms with E-state index in [1.54, 1.807) is 0 Å². The first-order valence-electron chi connectivity index (χ1n) is 4.61. The maximum absolute atomic E-state index is 12.6. The molecule has 0 radical (unpaired) electrons. The monoisotopic (exact) mass is 252 g/mol. The van der Waals surface area contributed by atoms with Crippen molar-refractivity contribution >= 4 is 18.0 Å². The molecule has 0 fully saturated rings. The lowest BCUT2D eigenvalue weighted by atomic mass is 10.2. The van der Waals surface area contributed by atoms with Crippen LogP contribution in [0, 0.1) is 0 Å². The summed E-state index contributed by atoms with van der Waals surface area (Å²) in [6.45, 7) is 1.83. The molecule has 0 saturated carbocycles. The molecule has 0 saturated heterocycles. The van der Waals surface area contributed by atoms with Crippen LogP contribution in [0.5, 0.6) is 0 Å². The van der Waals surface area contributed by atoms with Gasteiger partial charge >= 0.3 is 6.18 Å². The molecule has 0 bridgehead atoms. The number of aromatic nitrogens is 2. The SMILES string of the molecule is CCSc1c(CC=O)c(C(F)(F)F)nn1C. The number of aldehydes is 1. The van der Waals surface area contributed by atoms with E-state index >= 15 is 0 Å². The zero-order valence-corrected chi connectivity index (χ0v) is 9.65. The summed E-state index contributed by atoms with van der Waals surface area (Å²) in [6, 6.07) is 0. The third-order valence-electron chi connectivity index (χ3n) is 1.92. The number of halogens is 3. The Hall–Kier alpha value is -0.980. The first kappa shape index (κ1) is 13.1. The summed E-state index contributed by atoms with van der Waals surface area (Å²) < 4.78 is 39.0. The number of hydrogen-bond donors (Lipinski definition) is 0. The van der Waals surface area contributed by atoms with Crippen LogP contribution >= 0.6 is 11.8 Å². The first-order chi connectivity index (χ1) is 7.41. The van der Waals surface area contributed by atoms with Crippen LogP contribution in [-0.2, 0) is 24.4 Å². The molecule has 0 aliphatic heterocycles. The van der Waals surface area contributed by atoms with Gasteiger partial charge in [0.25, 0.3) is 0 Å². The highest BCUT2D eigenvalue weighted by molar-refractivity contribution is 7.99. The van der Waals surface area contributed by atoms with Gasteiger partial charge in [-0.3, -0.25) is 4.68 Å². The number of nitrogens with zero attached hydrogens (tertiary/aromatic N) is 2. The van der Waals surface area contributed by atoms with E-state index in [0.29, 0.717) is 17.1 Å². The minimum absolute atomic E-state index is 0.0307. The third kappa shape index (κ3) is 2.58. The van der Waals surface area contributed by atoms with E-state index in [-0.39, 0.29) is 12.0 Å². The van der Waals surface area contributed by atoms with Gasteiger partial charge in [0.2, 0.25) is 0 Å². The molecule has 1 aromatic heterocycles. The lowest BCUT2D eigenvalue weighted by Gasteiger charge is -2.04. The number of carbonyl (C=O) groups is 1. The first-order valence-corrected chi connectivity index (χ1v) is 5.59. The number of aryl methyl sites for hydroxylation is 1. The van der Waals surface area contributed by atoms with Crippen molar-refractivity contribution in [3.63, 3.8) is 0 Å². The maximum Gasteiger partial charge on any atom is 0.435 e. The third-order valence-corrected chi connectivity index (χ3v) is 3.00. The van der Waals surface area contributed by atoms with Crippen LogP contribution in [0.4, 0.5) is 13.2 Å². The Labute approximate surface area is 95.0 Å². The molecule has 0 spiro atoms. The molecule has 90 valence electrons. The van der Waals surface area contributed by atoms with Crippen molar-refractivity contribution in [3.8, 4) is 0 Å². The van der Waals surface area contributed by atoms with Crippen molar-refractivity contribution in [3.05, 3.63) is 11.3 Å². The minimum atomic E-state index is -4.51. The molecule has 3 nitrogen and oxygen atoms in total. The molecule has 0 aromatic carbocycles. The Morgan fingerprint density at radius 1 is 1.50 bits per heavy atom. The predicted molar refractivity (Wildman–Crippen MR) is 54.4 cm³/mol. The average Bonchev–Trinajstić information content (AvgIpc) is 2.46. The number of alkyl halides is 3. The zero-order chi connectivity index (χ0) is 12.3. The van der Waals surface area contributed by atoms with Crippen molar-refractivity contribution in [2.24, 2.45) is 7.05 Å². The summed E-state index contributed by atoms with van der Waals surface area (Å²) in [5.41, 5.74) is -0.991. The second-order valence-corrected chi connectivity index (χ2v) is 4.31. The van der Waals surface area contributed by atoms with E-state index in [9.17, 15) is 18.0 Å². The Bertz CT molecular complexity index is 387. The number of rotatable bonds is 4. The second kappa shape index (κ2) is 4.90. The molecule has 0 amide bonds.